The zero-order chi connectivity index (χ0) is 37.6. The third kappa shape index (κ3) is 80.3. The molecule has 0 saturated carbocycles. The third-order valence-electron chi connectivity index (χ3n) is 5.34. The number of hydrogen-bond acceptors (Lipinski definition) is 2. The molecule has 2 aromatic heterocycles. The normalized spacial score (nSPS) is 9.55. The predicted molar refractivity (Wildman–Crippen MR) is 301 cm³/mol. The van der Waals surface area contributed by atoms with Crippen LogP contribution in [0.1, 0.15) is 91.0 Å². The van der Waals surface area contributed by atoms with Crippen molar-refractivity contribution >= 4 is 0 Å². The topological polar surface area (TPSA) is 54.0 Å². The molecule has 4 nitrogen and oxygen atoms in total. The summed E-state index contributed by atoms with van der Waals surface area (Å²) in [5, 5.41) is 8.46. The third-order valence-corrected chi connectivity index (χ3v) is 5.34. The molecule has 0 bridgehead atoms. The molecule has 407 valence electrons. The number of hydrogen-bond donors (Lipinski definition) is 0. The Kier molecular flexibility index (Phi) is 251. The van der Waals surface area contributed by atoms with E-state index in [0.29, 0.717) is 0 Å². The van der Waals surface area contributed by atoms with E-state index in [2.05, 4.69) is 76.0 Å². The molecule has 0 spiro atoms. The molecule has 5 radical (unpaired) electrons. The summed E-state index contributed by atoms with van der Waals surface area (Å²) in [6.07, 6.45) is 19.7. The van der Waals surface area contributed by atoms with Gasteiger partial charge in [-0.15, -0.1) is 25.7 Å². The van der Waals surface area contributed by atoms with Gasteiger partial charge in [-0.25, -0.2) is 37.4 Å². The number of nitrogens with zero attached hydrogens (tertiary/aromatic N) is 4. The Bertz CT molecular complexity index is 1080. The van der Waals surface area contributed by atoms with E-state index in [1.54, 1.807) is 12.2 Å². The van der Waals surface area contributed by atoms with Crippen molar-refractivity contribution in [2.75, 3.05) is 0 Å². The maximum Gasteiger partial charge on any atom is 0.0108 e. The van der Waals surface area contributed by atoms with Gasteiger partial charge < -0.3 is 160 Å². The van der Waals surface area contributed by atoms with Crippen molar-refractivity contribution < 1.29 is 101 Å². The molecule has 66 heavy (non-hydrogen) atoms. The summed E-state index contributed by atoms with van der Waals surface area (Å²) in [5.41, 5.74) is 8.03. The Hall–Kier alpha value is -0.738. The maximum absolute atomic E-state index is 4.28. The quantitative estimate of drug-likeness (QED) is 0.214. The second kappa shape index (κ2) is 115. The molecule has 0 saturated heterocycles. The monoisotopic (exact) mass is 1150 g/mol. The maximum atomic E-state index is 4.28. The molecule has 2 aliphatic rings. The van der Waals surface area contributed by atoms with Gasteiger partial charge in [0.2, 0.25) is 0 Å². The van der Waals surface area contributed by atoms with Crippen LogP contribution < -0.4 is 0 Å². The Morgan fingerprint density at radius 1 is 0.394 bits per heavy atom. The van der Waals surface area contributed by atoms with E-state index in [-0.39, 0.29) is 198 Å². The smallest absolute Gasteiger partial charge is 0.0108 e. The molecule has 0 aliphatic carbocycles. The van der Waals surface area contributed by atoms with Gasteiger partial charge in [0.1, 0.15) is 0 Å². The van der Waals surface area contributed by atoms with Crippen LogP contribution >= 0.6 is 0 Å². The number of allylic oxidation sites excluding steroid dienone is 10. The second-order valence-corrected chi connectivity index (χ2v) is 8.26. The van der Waals surface area contributed by atoms with E-state index in [1.807, 2.05) is 128 Å². The first-order chi connectivity index (χ1) is 23.5. The van der Waals surface area contributed by atoms with E-state index in [0.717, 1.165) is 84.1 Å². The van der Waals surface area contributed by atoms with Gasteiger partial charge in [0.05, 0.1) is 0 Å². The molecule has 0 amide bonds. The van der Waals surface area contributed by atoms with Crippen molar-refractivity contribution in [3.05, 3.63) is 293 Å². The standard InChI is InChI=1S/2C9H11N.2C9H10N.4C2H6.13CH3.4Mn.Y/c4*1-3-8-6-5-7-9(4-2)10-8;4*1-2;;;;;;;;;;;;;;;;;;/h2*5-7H,1-4H2;2*3,5-7H,1-2,4H2;4*1-2H3;13*1H3;;;;;/q2*-2;2*-3;;;;;13*-1;;;;;. The van der Waals surface area contributed by atoms with E-state index in [1.165, 1.54) is 0 Å². The van der Waals surface area contributed by atoms with Crippen LogP contribution in [0.15, 0.2) is 108 Å². The SMILES string of the molecule is CC.CC.CC.CC.[CH2-]C=C1C=CC=C(C[CH2-])[N-]1.[CH2-]C=C1C=CC=C(C[CH2-])[N-]1.[CH2-]Cc1cccc(C[CH2-])n1.[CH2-]Cc1cccc(C[CH2-])n1.[CH3-].[CH3-].[CH3-].[CH3-].[CH3-].[CH3-].[CH3-].[CH3-].[CH3-].[CH3-].[CH3-].[CH3-].[CH3-].[Mn].[Mn].[Mn].[Mn].[Y]. The largest absolute Gasteiger partial charge is 0.749 e. The molecule has 2 aromatic rings. The summed E-state index contributed by atoms with van der Waals surface area (Å²) in [5.74, 6) is 0. The van der Waals surface area contributed by atoms with Gasteiger partial charge in [0, 0.05) is 124 Å². The van der Waals surface area contributed by atoms with Gasteiger partial charge in [-0.1, -0.05) is 91.8 Å². The van der Waals surface area contributed by atoms with Crippen LogP contribution in [0, 0.1) is 152 Å². The van der Waals surface area contributed by atoms with Crippen molar-refractivity contribution in [1.29, 1.82) is 0 Å². The molecular weight excluding hydrogens is 1050 g/mol. The summed E-state index contributed by atoms with van der Waals surface area (Å²) in [7, 11) is 0. The first-order valence-electron chi connectivity index (χ1n) is 17.3. The molecule has 0 N–H and O–H groups in total. The minimum atomic E-state index is 0. The van der Waals surface area contributed by atoms with E-state index in [4.69, 9.17) is 0 Å². The molecule has 0 atom stereocenters. The summed E-state index contributed by atoms with van der Waals surface area (Å²) in [4.78, 5) is 8.57. The summed E-state index contributed by atoms with van der Waals surface area (Å²) in [6.45, 7) is 45.7. The van der Waals surface area contributed by atoms with E-state index >= 15 is 0 Å². The van der Waals surface area contributed by atoms with Crippen molar-refractivity contribution in [3.8, 4) is 0 Å². The zero-order valence-electron chi connectivity index (χ0n) is 46.9. The number of aromatic nitrogens is 2. The van der Waals surface area contributed by atoms with Crippen LogP contribution in [0.3, 0.4) is 0 Å². The fraction of sp³-hybridized carbons (Fsp3) is 0.246. The second-order valence-electron chi connectivity index (χ2n) is 8.26. The number of rotatable bonds is 6. The van der Waals surface area contributed by atoms with Crippen LogP contribution in [-0.4, -0.2) is 9.97 Å². The molecule has 4 rings (SSSR count). The Morgan fingerprint density at radius 2 is 0.591 bits per heavy atom. The van der Waals surface area contributed by atoms with Gasteiger partial charge in [-0.05, 0) is 24.3 Å². The van der Waals surface area contributed by atoms with Crippen LogP contribution in [0.2, 0.25) is 0 Å². The summed E-state index contributed by atoms with van der Waals surface area (Å²) in [6, 6.07) is 11.9. The molecule has 4 heterocycles. The van der Waals surface area contributed by atoms with E-state index in [9.17, 15) is 0 Å². The Morgan fingerprint density at radius 3 is 0.742 bits per heavy atom. The van der Waals surface area contributed by atoms with Gasteiger partial charge in [-0.2, -0.15) is 25.0 Å². The van der Waals surface area contributed by atoms with Crippen LogP contribution in [0.25, 0.3) is 10.6 Å². The summed E-state index contributed by atoms with van der Waals surface area (Å²) >= 11 is 0. The van der Waals surface area contributed by atoms with Gasteiger partial charge in [-0.3, -0.25) is 9.97 Å². The van der Waals surface area contributed by atoms with Crippen molar-refractivity contribution in [2.24, 2.45) is 0 Å². The van der Waals surface area contributed by atoms with Gasteiger partial charge in [0.25, 0.3) is 0 Å². The van der Waals surface area contributed by atoms with Crippen molar-refractivity contribution in [2.45, 2.75) is 93.9 Å². The average molecular weight is 1160 g/mol. The Balaban J connectivity index is -0.0000000171. The van der Waals surface area contributed by atoms with E-state index < -0.39 is 0 Å². The molecule has 0 unspecified atom stereocenters. The van der Waals surface area contributed by atoms with Gasteiger partial charge in [0.15, 0.2) is 0 Å². The molecule has 2 aliphatic heterocycles. The zero-order valence-corrected chi connectivity index (χ0v) is 54.4. The minimum Gasteiger partial charge on any atom is -0.749 e. The fourth-order valence-corrected chi connectivity index (χ4v) is 3.12. The van der Waals surface area contributed by atoms with Crippen LogP contribution in [0.5, 0.6) is 0 Å². The van der Waals surface area contributed by atoms with Crippen molar-refractivity contribution in [1.82, 2.24) is 9.97 Å². The molecule has 0 fully saturated rings. The first kappa shape index (κ1) is 144. The molecule has 9 heteroatoms. The Labute approximate surface area is 493 Å². The first-order valence-corrected chi connectivity index (χ1v) is 17.3. The van der Waals surface area contributed by atoms with Crippen molar-refractivity contribution in [3.63, 3.8) is 0 Å². The molecule has 0 aromatic carbocycles. The molecular formula is C57H105Mn4N4Y-23. The van der Waals surface area contributed by atoms with Crippen LogP contribution in [-0.2, 0) is 127 Å². The number of pyridine rings is 2. The van der Waals surface area contributed by atoms with Crippen LogP contribution in [0.4, 0.5) is 0 Å². The fourth-order valence-electron chi connectivity index (χ4n) is 3.12. The predicted octanol–water partition coefficient (Wildman–Crippen LogP) is 19.1. The average Bonchev–Trinajstić information content (AvgIpc) is 3.21. The van der Waals surface area contributed by atoms with Gasteiger partial charge >= 0.3 is 0 Å². The minimum absolute atomic E-state index is 0. The summed E-state index contributed by atoms with van der Waals surface area (Å²) < 4.78 is 0.